The zero-order chi connectivity index (χ0) is 86.2. The summed E-state index contributed by atoms with van der Waals surface area (Å²) in [7, 11) is 0. The summed E-state index contributed by atoms with van der Waals surface area (Å²) in [5.74, 6) is 1.52. The summed E-state index contributed by atoms with van der Waals surface area (Å²) in [5, 5.41) is 8.41. The number of hydrogen-bond acceptors (Lipinski definition) is 5. The summed E-state index contributed by atoms with van der Waals surface area (Å²) >= 11 is 0. The van der Waals surface area contributed by atoms with Gasteiger partial charge < -0.3 is 18.0 Å². The molecule has 7 nitrogen and oxygen atoms in total. The first-order chi connectivity index (χ1) is 65.4. The van der Waals surface area contributed by atoms with Crippen molar-refractivity contribution in [3.05, 3.63) is 487 Å². The topological polar surface area (TPSA) is 74.8 Å². The molecule has 0 amide bonds. The van der Waals surface area contributed by atoms with Gasteiger partial charge in [-0.05, 0) is 243 Å². The summed E-state index contributed by atoms with van der Waals surface area (Å²) in [6.45, 7) is 0. The van der Waals surface area contributed by atoms with E-state index in [1.165, 1.54) is 122 Å². The van der Waals surface area contributed by atoms with E-state index in [-0.39, 0.29) is 0 Å². The van der Waals surface area contributed by atoms with Crippen LogP contribution in [-0.4, -0.2) is 24.1 Å². The lowest BCUT2D eigenvalue weighted by molar-refractivity contribution is 0.668. The normalized spacial score (nSPS) is 13.3. The Morgan fingerprint density at radius 1 is 0.182 bits per heavy atom. The maximum atomic E-state index is 7.01. The SMILES string of the molecule is c1ccc(-c2cc(-c3ccccc3)cc(-c3cccc(-c4nc(-c5cccc6oc7ccc(-c8ccc9c(c8)c8ccc%10c(c8n9-c8ccccc8)-c8ccccc8C%108c9ccccc9-c9ccccc98)cc7c56)nc(-c5cccc6oc7ccc(-c8ccc9c(c8)c8ccc%10c(c8n9-c8ccccc8)-c8ccccc8C%108c9ccccc9-c9ccccc98)cc7c56)n4)c3)c2)cc1. The predicted molar refractivity (Wildman–Crippen MR) is 539 cm³/mol. The molecule has 0 radical (unpaired) electrons. The van der Waals surface area contributed by atoms with Gasteiger partial charge >= 0.3 is 0 Å². The van der Waals surface area contributed by atoms with Crippen LogP contribution in [0, 0.1) is 0 Å². The van der Waals surface area contributed by atoms with Crippen LogP contribution in [0.1, 0.15) is 44.5 Å². The molecule has 25 aromatic rings. The van der Waals surface area contributed by atoms with E-state index < -0.39 is 10.8 Å². The first kappa shape index (κ1) is 72.7. The smallest absolute Gasteiger partial charge is 0.164 e. The zero-order valence-electron chi connectivity index (χ0n) is 71.2. The third-order valence-electron chi connectivity index (χ3n) is 29.2. The molecule has 20 aromatic carbocycles. The molecule has 0 aliphatic heterocycles. The summed E-state index contributed by atoms with van der Waals surface area (Å²) in [6.07, 6.45) is 0. The van der Waals surface area contributed by atoms with E-state index in [0.29, 0.717) is 17.5 Å². The second kappa shape index (κ2) is 27.6. The molecule has 7 heteroatoms. The number of furan rings is 2. The zero-order valence-corrected chi connectivity index (χ0v) is 71.2. The Labute approximate surface area is 759 Å². The Hall–Kier alpha value is -17.4. The third kappa shape index (κ3) is 10.1. The van der Waals surface area contributed by atoms with E-state index in [1.807, 2.05) is 0 Å². The van der Waals surface area contributed by atoms with Gasteiger partial charge in [0.25, 0.3) is 0 Å². The van der Waals surface area contributed by atoms with Gasteiger partial charge in [-0.2, -0.15) is 0 Å². The number of hydrogen-bond donors (Lipinski definition) is 0. The predicted octanol–water partition coefficient (Wildman–Crippen LogP) is 31.9. The van der Waals surface area contributed by atoms with Crippen molar-refractivity contribution in [3.63, 3.8) is 0 Å². The molecule has 0 fully saturated rings. The summed E-state index contributed by atoms with van der Waals surface area (Å²) in [4.78, 5) is 17.1. The molecule has 29 rings (SSSR count). The lowest BCUT2D eigenvalue weighted by Gasteiger charge is -2.30. The van der Waals surface area contributed by atoms with Crippen molar-refractivity contribution in [1.29, 1.82) is 0 Å². The minimum Gasteiger partial charge on any atom is -0.456 e. The summed E-state index contributed by atoms with van der Waals surface area (Å²) in [6, 6.07) is 163. The number of nitrogens with zero attached hydrogens (tertiary/aromatic N) is 5. The van der Waals surface area contributed by atoms with Gasteiger partial charge in [-0.15, -0.1) is 0 Å². The van der Waals surface area contributed by atoms with Gasteiger partial charge in [0.1, 0.15) is 22.3 Å². The molecule has 0 N–H and O–H groups in total. The molecular weight excluding hydrogens is 1600 g/mol. The van der Waals surface area contributed by atoms with Crippen LogP contribution in [0.2, 0.25) is 0 Å². The molecule has 610 valence electrons. The fourth-order valence-electron chi connectivity index (χ4n) is 23.8. The van der Waals surface area contributed by atoms with Crippen LogP contribution < -0.4 is 0 Å². The fraction of sp³-hybridized carbons (Fsp3) is 0.0160. The van der Waals surface area contributed by atoms with Crippen LogP contribution in [0.3, 0.4) is 0 Å². The standard InChI is InChI=1S/C125H73N5O2/c1-5-28-74(29-6-1)82-67-83(75-30-7-2-8-31-75)69-84(68-82)76-32-25-33-81(66-76)121-126-122(95-44-26-52-113-115(95)99-72-79(56-64-111(99)131-113)77-54-62-109-97(70-77)91-58-60-107-117(119(91)129(109)85-34-9-3-10-35-85)93-42-17-23-50-105(93)124(107)101-46-19-13-38-87(101)88-39-14-20-47-102(88)124)128-123(127-121)96-45-27-53-114-116(96)100-73-80(57-65-112(100)132-114)78-55-63-110-98(71-78)92-59-61-108-118(120(92)130(110)86-36-11-4-12-37-86)94-43-18-24-51-106(94)125(108)103-48-21-15-40-89(103)90-41-16-22-49-104(90)125/h1-73H. The number of benzene rings is 20. The van der Waals surface area contributed by atoms with E-state index in [1.54, 1.807) is 0 Å². The highest BCUT2D eigenvalue weighted by molar-refractivity contribution is 6.21. The van der Waals surface area contributed by atoms with E-state index >= 15 is 0 Å². The molecule has 132 heavy (non-hydrogen) atoms. The van der Waals surface area contributed by atoms with E-state index in [2.05, 4.69) is 452 Å². The molecule has 4 aliphatic carbocycles. The van der Waals surface area contributed by atoms with Crippen molar-refractivity contribution in [1.82, 2.24) is 24.1 Å². The molecule has 0 bridgehead atoms. The summed E-state index contributed by atoms with van der Waals surface area (Å²) < 4.78 is 19.0. The maximum Gasteiger partial charge on any atom is 0.164 e. The highest BCUT2D eigenvalue weighted by Crippen LogP contribution is 2.67. The lowest BCUT2D eigenvalue weighted by Crippen LogP contribution is -2.25. The van der Waals surface area contributed by atoms with Crippen molar-refractivity contribution in [2.75, 3.05) is 0 Å². The summed E-state index contributed by atoms with van der Waals surface area (Å²) in [5.41, 5.74) is 42.9. The third-order valence-corrected chi connectivity index (χ3v) is 29.2. The quantitative estimate of drug-likeness (QED) is 0.136. The molecule has 2 spiro atoms. The number of para-hydroxylation sites is 2. The fourth-order valence-corrected chi connectivity index (χ4v) is 23.8. The van der Waals surface area contributed by atoms with Crippen LogP contribution in [0.25, 0.3) is 233 Å². The molecule has 0 saturated heterocycles. The minimum atomic E-state index is -0.500. The monoisotopic (exact) mass is 1680 g/mol. The van der Waals surface area contributed by atoms with Gasteiger partial charge in [-0.25, -0.2) is 15.0 Å². The van der Waals surface area contributed by atoms with Gasteiger partial charge in [0.15, 0.2) is 17.5 Å². The van der Waals surface area contributed by atoms with Gasteiger partial charge in [0.2, 0.25) is 0 Å². The first-order valence-corrected chi connectivity index (χ1v) is 45.4. The minimum absolute atomic E-state index is 0.500. The van der Waals surface area contributed by atoms with Gasteiger partial charge in [0, 0.05) is 82.3 Å². The molecule has 4 aliphatic rings. The largest absolute Gasteiger partial charge is 0.456 e. The average molecular weight is 1680 g/mol. The Kier molecular flexibility index (Phi) is 15.2. The average Bonchev–Trinajstić information content (AvgIpc) is 1.50. The van der Waals surface area contributed by atoms with Crippen molar-refractivity contribution in [2.45, 2.75) is 10.8 Å². The van der Waals surface area contributed by atoms with Crippen LogP contribution in [0.15, 0.2) is 452 Å². The van der Waals surface area contributed by atoms with Gasteiger partial charge in [-0.1, -0.05) is 334 Å². The van der Waals surface area contributed by atoms with E-state index in [4.69, 9.17) is 23.8 Å². The van der Waals surface area contributed by atoms with Gasteiger partial charge in [-0.3, -0.25) is 0 Å². The van der Waals surface area contributed by atoms with E-state index in [9.17, 15) is 0 Å². The second-order valence-corrected chi connectivity index (χ2v) is 35.7. The van der Waals surface area contributed by atoms with Crippen molar-refractivity contribution in [3.8, 4) is 146 Å². The Morgan fingerprint density at radius 3 is 0.902 bits per heavy atom. The number of rotatable bonds is 10. The molecule has 0 saturated carbocycles. The molecule has 0 atom stereocenters. The van der Waals surface area contributed by atoms with Crippen LogP contribution in [0.5, 0.6) is 0 Å². The molecular formula is C125H73N5O2. The van der Waals surface area contributed by atoms with Crippen molar-refractivity contribution in [2.24, 2.45) is 0 Å². The van der Waals surface area contributed by atoms with Crippen molar-refractivity contribution < 1.29 is 8.83 Å². The highest BCUT2D eigenvalue weighted by Gasteiger charge is 2.54. The van der Waals surface area contributed by atoms with Crippen LogP contribution >= 0.6 is 0 Å². The second-order valence-electron chi connectivity index (χ2n) is 35.7. The highest BCUT2D eigenvalue weighted by atomic mass is 16.3. The maximum absolute atomic E-state index is 7.01. The van der Waals surface area contributed by atoms with Gasteiger partial charge in [0.05, 0.1) is 32.9 Å². The molecule has 0 unspecified atom stereocenters. The first-order valence-electron chi connectivity index (χ1n) is 45.4. The Morgan fingerprint density at radius 2 is 0.485 bits per heavy atom. The lowest BCUT2D eigenvalue weighted by atomic mass is 9.70. The Balaban J connectivity index is 0.606. The Bertz CT molecular complexity index is 8700. The number of aromatic nitrogens is 5. The van der Waals surface area contributed by atoms with E-state index in [0.717, 1.165) is 139 Å². The molecule has 5 aromatic heterocycles. The molecule has 5 heterocycles. The van der Waals surface area contributed by atoms with Crippen LogP contribution in [0.4, 0.5) is 0 Å². The number of fused-ring (bicyclic) bond motifs is 34. The van der Waals surface area contributed by atoms with Crippen molar-refractivity contribution >= 4 is 87.5 Å². The van der Waals surface area contributed by atoms with Crippen LogP contribution in [-0.2, 0) is 10.8 Å².